The third-order valence-electron chi connectivity index (χ3n) is 2.38. The summed E-state index contributed by atoms with van der Waals surface area (Å²) in [5.74, 6) is 0. The average molecular weight is 188 g/mol. The van der Waals surface area contributed by atoms with E-state index >= 15 is 0 Å². The molecule has 0 saturated carbocycles. The Bertz CT molecular complexity index is 375. The van der Waals surface area contributed by atoms with Crippen molar-refractivity contribution in [2.45, 2.75) is 33.7 Å². The van der Waals surface area contributed by atoms with Gasteiger partial charge in [-0.05, 0) is 50.5 Å². The van der Waals surface area contributed by atoms with E-state index in [4.69, 9.17) is 5.26 Å². The van der Waals surface area contributed by atoms with Gasteiger partial charge in [0, 0.05) is 5.69 Å². The maximum Gasteiger partial charge on any atom is 0.111 e. The SMILES string of the molecule is Cc1cc(C)c(C)c(NC(C)C#N)c1. The number of rotatable bonds is 2. The first-order valence-electron chi connectivity index (χ1n) is 4.78. The van der Waals surface area contributed by atoms with Crippen LogP contribution in [0.4, 0.5) is 5.69 Å². The van der Waals surface area contributed by atoms with Gasteiger partial charge in [0.15, 0.2) is 0 Å². The van der Waals surface area contributed by atoms with Gasteiger partial charge < -0.3 is 5.32 Å². The summed E-state index contributed by atoms with van der Waals surface area (Å²) in [5.41, 5.74) is 4.77. The molecular formula is C12H16N2. The van der Waals surface area contributed by atoms with Crippen LogP contribution in [-0.2, 0) is 0 Å². The summed E-state index contributed by atoms with van der Waals surface area (Å²) in [6.07, 6.45) is 0. The summed E-state index contributed by atoms with van der Waals surface area (Å²) in [6.45, 7) is 8.08. The number of nitrogens with one attached hydrogen (secondary N) is 1. The van der Waals surface area contributed by atoms with E-state index < -0.39 is 0 Å². The fraction of sp³-hybridized carbons (Fsp3) is 0.417. The highest BCUT2D eigenvalue weighted by atomic mass is 14.9. The molecule has 0 spiro atoms. The lowest BCUT2D eigenvalue weighted by Crippen LogP contribution is -2.13. The molecule has 0 aliphatic rings. The second-order valence-electron chi connectivity index (χ2n) is 3.75. The summed E-state index contributed by atoms with van der Waals surface area (Å²) < 4.78 is 0. The van der Waals surface area contributed by atoms with Crippen molar-refractivity contribution in [1.29, 1.82) is 5.26 Å². The zero-order chi connectivity index (χ0) is 10.7. The smallest absolute Gasteiger partial charge is 0.111 e. The van der Waals surface area contributed by atoms with E-state index in [9.17, 15) is 0 Å². The van der Waals surface area contributed by atoms with Crippen molar-refractivity contribution in [2.24, 2.45) is 0 Å². The normalized spacial score (nSPS) is 11.9. The molecule has 2 heteroatoms. The molecule has 0 saturated heterocycles. The number of anilines is 1. The molecule has 2 nitrogen and oxygen atoms in total. The van der Waals surface area contributed by atoms with Crippen LogP contribution in [0.25, 0.3) is 0 Å². The molecule has 0 amide bonds. The van der Waals surface area contributed by atoms with Crippen LogP contribution in [0.1, 0.15) is 23.6 Å². The Balaban J connectivity index is 3.03. The van der Waals surface area contributed by atoms with Gasteiger partial charge in [-0.1, -0.05) is 6.07 Å². The van der Waals surface area contributed by atoms with E-state index in [2.05, 4.69) is 44.3 Å². The Morgan fingerprint density at radius 3 is 2.50 bits per heavy atom. The lowest BCUT2D eigenvalue weighted by atomic mass is 10.0. The van der Waals surface area contributed by atoms with Crippen molar-refractivity contribution in [3.63, 3.8) is 0 Å². The monoisotopic (exact) mass is 188 g/mol. The summed E-state index contributed by atoms with van der Waals surface area (Å²) in [7, 11) is 0. The van der Waals surface area contributed by atoms with E-state index in [1.54, 1.807) is 0 Å². The minimum Gasteiger partial charge on any atom is -0.370 e. The standard InChI is InChI=1S/C12H16N2/c1-8-5-9(2)11(4)12(6-8)14-10(3)7-13/h5-6,10,14H,1-4H3. The molecule has 0 radical (unpaired) electrons. The highest BCUT2D eigenvalue weighted by Gasteiger charge is 2.05. The summed E-state index contributed by atoms with van der Waals surface area (Å²) in [6, 6.07) is 6.25. The maximum atomic E-state index is 8.71. The molecule has 0 aliphatic carbocycles. The lowest BCUT2D eigenvalue weighted by Gasteiger charge is -2.14. The summed E-state index contributed by atoms with van der Waals surface area (Å²) in [5, 5.41) is 11.9. The zero-order valence-electron chi connectivity index (χ0n) is 9.18. The fourth-order valence-electron chi connectivity index (χ4n) is 1.46. The predicted octanol–water partition coefficient (Wildman–Crippen LogP) is 2.94. The molecule has 1 aromatic carbocycles. The van der Waals surface area contributed by atoms with Crippen LogP contribution in [-0.4, -0.2) is 6.04 Å². The molecule has 0 aliphatic heterocycles. The molecule has 74 valence electrons. The Kier molecular flexibility index (Phi) is 3.14. The van der Waals surface area contributed by atoms with E-state index in [1.165, 1.54) is 16.7 Å². The summed E-state index contributed by atoms with van der Waals surface area (Å²) in [4.78, 5) is 0. The second-order valence-corrected chi connectivity index (χ2v) is 3.75. The van der Waals surface area contributed by atoms with E-state index in [-0.39, 0.29) is 6.04 Å². The van der Waals surface area contributed by atoms with Crippen molar-refractivity contribution in [3.8, 4) is 6.07 Å². The first-order chi connectivity index (χ1) is 6.54. The Hall–Kier alpha value is -1.49. The van der Waals surface area contributed by atoms with Gasteiger partial charge >= 0.3 is 0 Å². The van der Waals surface area contributed by atoms with E-state index in [0.717, 1.165) is 5.69 Å². The van der Waals surface area contributed by atoms with Gasteiger partial charge in [0.05, 0.1) is 6.07 Å². The Morgan fingerprint density at radius 2 is 1.93 bits per heavy atom. The van der Waals surface area contributed by atoms with Crippen molar-refractivity contribution in [1.82, 2.24) is 0 Å². The largest absolute Gasteiger partial charge is 0.370 e. The van der Waals surface area contributed by atoms with Crippen molar-refractivity contribution in [2.75, 3.05) is 5.32 Å². The maximum absolute atomic E-state index is 8.71. The van der Waals surface area contributed by atoms with Crippen molar-refractivity contribution < 1.29 is 0 Å². The van der Waals surface area contributed by atoms with Crippen LogP contribution >= 0.6 is 0 Å². The molecule has 1 rings (SSSR count). The molecule has 1 N–H and O–H groups in total. The molecule has 0 aromatic heterocycles. The van der Waals surface area contributed by atoms with Crippen molar-refractivity contribution in [3.05, 3.63) is 28.8 Å². The molecule has 0 fully saturated rings. The number of benzene rings is 1. The number of hydrogen-bond acceptors (Lipinski definition) is 2. The molecule has 0 heterocycles. The Morgan fingerprint density at radius 1 is 1.29 bits per heavy atom. The van der Waals surface area contributed by atoms with Crippen LogP contribution in [0, 0.1) is 32.1 Å². The molecule has 1 aromatic rings. The molecule has 1 atom stereocenters. The third kappa shape index (κ3) is 2.26. The lowest BCUT2D eigenvalue weighted by molar-refractivity contribution is 1.00. The Labute approximate surface area is 85.6 Å². The first-order valence-corrected chi connectivity index (χ1v) is 4.78. The number of hydrogen-bond donors (Lipinski definition) is 1. The minimum absolute atomic E-state index is 0.144. The fourth-order valence-corrected chi connectivity index (χ4v) is 1.46. The first kappa shape index (κ1) is 10.6. The van der Waals surface area contributed by atoms with Gasteiger partial charge in [0.2, 0.25) is 0 Å². The van der Waals surface area contributed by atoms with E-state index in [1.807, 2.05) is 6.92 Å². The number of nitrogens with zero attached hydrogens (tertiary/aromatic N) is 1. The molecule has 1 unspecified atom stereocenters. The zero-order valence-corrected chi connectivity index (χ0v) is 9.18. The van der Waals surface area contributed by atoms with Crippen LogP contribution < -0.4 is 5.32 Å². The van der Waals surface area contributed by atoms with Gasteiger partial charge in [0.25, 0.3) is 0 Å². The highest BCUT2D eigenvalue weighted by Crippen LogP contribution is 2.21. The highest BCUT2D eigenvalue weighted by molar-refractivity contribution is 5.56. The van der Waals surface area contributed by atoms with E-state index in [0.29, 0.717) is 0 Å². The van der Waals surface area contributed by atoms with Gasteiger partial charge in [0.1, 0.15) is 6.04 Å². The average Bonchev–Trinajstić information content (AvgIpc) is 2.13. The van der Waals surface area contributed by atoms with Gasteiger partial charge in [-0.2, -0.15) is 5.26 Å². The minimum atomic E-state index is -0.144. The van der Waals surface area contributed by atoms with Crippen LogP contribution in [0.5, 0.6) is 0 Å². The number of aryl methyl sites for hydroxylation is 2. The van der Waals surface area contributed by atoms with Gasteiger partial charge in [-0.15, -0.1) is 0 Å². The summed E-state index contributed by atoms with van der Waals surface area (Å²) >= 11 is 0. The number of nitriles is 1. The van der Waals surface area contributed by atoms with Gasteiger partial charge in [-0.25, -0.2) is 0 Å². The molecular weight excluding hydrogens is 172 g/mol. The second kappa shape index (κ2) is 4.15. The van der Waals surface area contributed by atoms with Crippen LogP contribution in [0.3, 0.4) is 0 Å². The van der Waals surface area contributed by atoms with Crippen LogP contribution in [0.2, 0.25) is 0 Å². The van der Waals surface area contributed by atoms with Crippen LogP contribution in [0.15, 0.2) is 12.1 Å². The quantitative estimate of drug-likeness (QED) is 0.774. The van der Waals surface area contributed by atoms with Crippen molar-refractivity contribution >= 4 is 5.69 Å². The third-order valence-corrected chi connectivity index (χ3v) is 2.38. The molecule has 14 heavy (non-hydrogen) atoms. The topological polar surface area (TPSA) is 35.8 Å². The molecule has 0 bridgehead atoms. The van der Waals surface area contributed by atoms with Gasteiger partial charge in [-0.3, -0.25) is 0 Å². The predicted molar refractivity (Wildman–Crippen MR) is 59.4 cm³/mol.